The number of nitrogens with zero attached hydrogens (tertiary/aromatic N) is 2. The highest BCUT2D eigenvalue weighted by Gasteiger charge is 2.13. The Morgan fingerprint density at radius 2 is 2.40 bits per heavy atom. The molecular formula is C5H9BN2O2. The summed E-state index contributed by atoms with van der Waals surface area (Å²) in [6.07, 6.45) is 3.62. The molecule has 0 unspecified atom stereocenters. The first kappa shape index (κ1) is 6.99. The molecule has 0 aromatic rings. The Morgan fingerprint density at radius 3 is 2.80 bits per heavy atom. The summed E-state index contributed by atoms with van der Waals surface area (Å²) in [5, 5.41) is 8.37. The Kier molecular flexibility index (Phi) is 1.84. The van der Waals surface area contributed by atoms with Crippen molar-refractivity contribution in [2.24, 2.45) is 0 Å². The second-order valence-corrected chi connectivity index (χ2v) is 2.34. The van der Waals surface area contributed by atoms with Gasteiger partial charge >= 0.3 is 7.41 Å². The van der Waals surface area contributed by atoms with Gasteiger partial charge in [-0.2, -0.15) is 0 Å². The van der Waals surface area contributed by atoms with Gasteiger partial charge in [-0.25, -0.2) is 0 Å². The van der Waals surface area contributed by atoms with Crippen molar-refractivity contribution < 1.29 is 9.90 Å². The van der Waals surface area contributed by atoms with E-state index in [1.54, 1.807) is 11.0 Å². The largest absolute Gasteiger partial charge is 0.488 e. The predicted molar refractivity (Wildman–Crippen MR) is 38.8 cm³/mol. The fourth-order valence-corrected chi connectivity index (χ4v) is 0.865. The molecule has 10 heavy (non-hydrogen) atoms. The van der Waals surface area contributed by atoms with E-state index in [0.717, 1.165) is 0 Å². The van der Waals surface area contributed by atoms with Gasteiger partial charge in [-0.1, -0.05) is 0 Å². The van der Waals surface area contributed by atoms with Crippen molar-refractivity contribution >= 4 is 13.3 Å². The molecule has 0 bridgehead atoms. The van der Waals surface area contributed by atoms with E-state index in [4.69, 9.17) is 5.11 Å². The van der Waals surface area contributed by atoms with E-state index in [1.807, 2.05) is 18.1 Å². The van der Waals surface area contributed by atoms with Gasteiger partial charge in [0.15, 0.2) is 0 Å². The van der Waals surface area contributed by atoms with Crippen LogP contribution < -0.4 is 0 Å². The lowest BCUT2D eigenvalue weighted by molar-refractivity contribution is 0.217. The summed E-state index contributed by atoms with van der Waals surface area (Å²) >= 11 is 0. The molecule has 5 heteroatoms. The molecule has 0 radical (unpaired) electrons. The van der Waals surface area contributed by atoms with Crippen LogP contribution in [0.1, 0.15) is 0 Å². The van der Waals surface area contributed by atoms with Crippen molar-refractivity contribution in [2.75, 3.05) is 13.7 Å². The van der Waals surface area contributed by atoms with Crippen molar-refractivity contribution in [3.63, 3.8) is 0 Å². The first-order chi connectivity index (χ1) is 4.68. The fourth-order valence-electron chi connectivity index (χ4n) is 0.865. The minimum absolute atomic E-state index is 0.0842. The van der Waals surface area contributed by atoms with Gasteiger partial charge < -0.3 is 14.8 Å². The number of carboxylic acid groups (broad SMARTS) is 1. The van der Waals surface area contributed by atoms with E-state index in [0.29, 0.717) is 6.67 Å². The Bertz CT molecular complexity index is 171. The molecule has 4 nitrogen and oxygen atoms in total. The van der Waals surface area contributed by atoms with E-state index >= 15 is 0 Å². The van der Waals surface area contributed by atoms with Gasteiger partial charge in [-0.05, 0) is 0 Å². The third-order valence-electron chi connectivity index (χ3n) is 1.28. The molecule has 1 aliphatic heterocycles. The molecule has 0 atom stereocenters. The van der Waals surface area contributed by atoms with E-state index in [-0.39, 0.29) is 7.41 Å². The monoisotopic (exact) mass is 140 g/mol. The summed E-state index contributed by atoms with van der Waals surface area (Å²) in [5.74, 6) is -0.792. The van der Waals surface area contributed by atoms with Crippen LogP contribution in [0.2, 0.25) is 0 Å². The van der Waals surface area contributed by atoms with Crippen molar-refractivity contribution in [1.82, 2.24) is 9.71 Å². The van der Waals surface area contributed by atoms with Crippen LogP contribution in [0.15, 0.2) is 12.4 Å². The topological polar surface area (TPSA) is 43.8 Å². The zero-order valence-electron chi connectivity index (χ0n) is 5.82. The van der Waals surface area contributed by atoms with Gasteiger partial charge in [-0.3, -0.25) is 4.79 Å². The molecule has 1 rings (SSSR count). The number of hydrogen-bond donors (Lipinski definition) is 1. The normalized spacial score (nSPS) is 16.1. The molecule has 1 N–H and O–H groups in total. The minimum Gasteiger partial charge on any atom is -0.488 e. The van der Waals surface area contributed by atoms with Crippen LogP contribution in [0.25, 0.3) is 0 Å². The molecule has 0 aliphatic carbocycles. The standard InChI is InChI=1S/C5H9BN2O2/c1-7-2-3-8(4-7)6-5(9)10/h2-3,6H,4H2,1H3,(H,9,10). The van der Waals surface area contributed by atoms with E-state index in [9.17, 15) is 4.79 Å². The maximum atomic E-state index is 10.2. The highest BCUT2D eigenvalue weighted by Crippen LogP contribution is 2.00. The number of hydrogen-bond acceptors (Lipinski definition) is 3. The quantitative estimate of drug-likeness (QED) is 0.534. The first-order valence-electron chi connectivity index (χ1n) is 3.03. The average Bonchev–Trinajstić information content (AvgIpc) is 2.13. The molecule has 0 fully saturated rings. The Balaban J connectivity index is 2.33. The van der Waals surface area contributed by atoms with Crippen LogP contribution in [0.5, 0.6) is 0 Å². The van der Waals surface area contributed by atoms with Crippen LogP contribution in [-0.2, 0) is 0 Å². The highest BCUT2D eigenvalue weighted by molar-refractivity contribution is 6.69. The molecule has 0 saturated heterocycles. The fraction of sp³-hybridized carbons (Fsp3) is 0.400. The maximum absolute atomic E-state index is 10.2. The van der Waals surface area contributed by atoms with Gasteiger partial charge in [0.05, 0.1) is 6.67 Å². The van der Waals surface area contributed by atoms with E-state index in [2.05, 4.69) is 0 Å². The lowest BCUT2D eigenvalue weighted by Gasteiger charge is -2.14. The lowest BCUT2D eigenvalue weighted by atomic mass is 9.93. The van der Waals surface area contributed by atoms with Crippen molar-refractivity contribution in [3.05, 3.63) is 12.4 Å². The molecule has 1 aliphatic rings. The van der Waals surface area contributed by atoms with Gasteiger partial charge in [0.2, 0.25) is 0 Å². The second kappa shape index (κ2) is 2.64. The van der Waals surface area contributed by atoms with Crippen molar-refractivity contribution in [3.8, 4) is 0 Å². The van der Waals surface area contributed by atoms with Gasteiger partial charge in [-0.15, -0.1) is 0 Å². The highest BCUT2D eigenvalue weighted by atomic mass is 16.4. The van der Waals surface area contributed by atoms with Crippen molar-refractivity contribution in [2.45, 2.75) is 0 Å². The van der Waals surface area contributed by atoms with E-state index in [1.165, 1.54) is 0 Å². The maximum Gasteiger partial charge on any atom is 0.371 e. The van der Waals surface area contributed by atoms with Gasteiger partial charge in [0, 0.05) is 19.4 Å². The Hall–Kier alpha value is -1.13. The summed E-state index contributed by atoms with van der Waals surface area (Å²) in [6.45, 7) is 0.673. The molecule has 1 heterocycles. The Morgan fingerprint density at radius 1 is 1.70 bits per heavy atom. The summed E-state index contributed by atoms with van der Waals surface area (Å²) in [5.41, 5.74) is 0. The zero-order valence-corrected chi connectivity index (χ0v) is 5.82. The summed E-state index contributed by atoms with van der Waals surface area (Å²) in [6, 6.07) is 0. The molecule has 54 valence electrons. The summed E-state index contributed by atoms with van der Waals surface area (Å²) in [7, 11) is 1.99. The van der Waals surface area contributed by atoms with Crippen LogP contribution in [0, 0.1) is 0 Å². The smallest absolute Gasteiger partial charge is 0.371 e. The summed E-state index contributed by atoms with van der Waals surface area (Å²) < 4.78 is 0. The average molecular weight is 140 g/mol. The second-order valence-electron chi connectivity index (χ2n) is 2.34. The number of rotatable bonds is 2. The van der Waals surface area contributed by atoms with Crippen LogP contribution in [0.3, 0.4) is 0 Å². The SMILES string of the molecule is CN1C=CN(BC(=O)O)C1. The van der Waals surface area contributed by atoms with Gasteiger partial charge in [0.25, 0.3) is 5.87 Å². The molecular weight excluding hydrogens is 131 g/mol. The predicted octanol–water partition coefficient (Wildman–Crippen LogP) is -0.308. The van der Waals surface area contributed by atoms with Crippen LogP contribution in [-0.4, -0.2) is 41.8 Å². The molecule has 0 spiro atoms. The first-order valence-corrected chi connectivity index (χ1v) is 3.03. The minimum atomic E-state index is -0.792. The molecule has 0 amide bonds. The third-order valence-corrected chi connectivity index (χ3v) is 1.28. The molecule has 0 aromatic heterocycles. The van der Waals surface area contributed by atoms with Crippen LogP contribution in [0.4, 0.5) is 4.79 Å². The molecule has 0 saturated carbocycles. The van der Waals surface area contributed by atoms with E-state index < -0.39 is 5.87 Å². The van der Waals surface area contributed by atoms with Crippen LogP contribution >= 0.6 is 0 Å². The lowest BCUT2D eigenvalue weighted by Crippen LogP contribution is -2.30. The summed E-state index contributed by atoms with van der Waals surface area (Å²) in [4.78, 5) is 13.8. The number of carbonyl (C=O) groups is 1. The Labute approximate surface area is 60.0 Å². The molecule has 0 aromatic carbocycles. The zero-order chi connectivity index (χ0) is 7.56. The van der Waals surface area contributed by atoms with Gasteiger partial charge in [0.1, 0.15) is 0 Å². The van der Waals surface area contributed by atoms with Crippen molar-refractivity contribution in [1.29, 1.82) is 0 Å². The third kappa shape index (κ3) is 1.68.